The van der Waals surface area contributed by atoms with Gasteiger partial charge in [0.05, 0.1) is 6.61 Å². The Morgan fingerprint density at radius 3 is 2.95 bits per heavy atom. The number of hydrogen-bond acceptors (Lipinski definition) is 5. The summed E-state index contributed by atoms with van der Waals surface area (Å²) in [5.41, 5.74) is 1.96. The Kier molecular flexibility index (Phi) is 4.52. The fourth-order valence-corrected chi connectivity index (χ4v) is 1.79. The van der Waals surface area contributed by atoms with Gasteiger partial charge < -0.3 is 14.6 Å². The highest BCUT2D eigenvalue weighted by Gasteiger charge is 2.07. The third-order valence-electron chi connectivity index (χ3n) is 2.63. The molecule has 0 saturated heterocycles. The number of benzene rings is 1. The van der Waals surface area contributed by atoms with E-state index in [1.165, 1.54) is 0 Å². The molecule has 0 aliphatic heterocycles. The molecule has 0 spiro atoms. The van der Waals surface area contributed by atoms with Gasteiger partial charge >= 0.3 is 0 Å². The Hall–Kier alpha value is -1.88. The van der Waals surface area contributed by atoms with Gasteiger partial charge in [0.25, 0.3) is 0 Å². The van der Waals surface area contributed by atoms with E-state index in [4.69, 9.17) is 9.26 Å². The third-order valence-corrected chi connectivity index (χ3v) is 2.63. The molecule has 1 aromatic heterocycles. The molecule has 0 fully saturated rings. The minimum atomic E-state index is 0.252. The Morgan fingerprint density at radius 2 is 2.26 bits per heavy atom. The number of ether oxygens (including phenoxy) is 1. The van der Waals surface area contributed by atoms with Crippen molar-refractivity contribution in [2.45, 2.75) is 26.8 Å². The topological polar surface area (TPSA) is 60.2 Å². The van der Waals surface area contributed by atoms with Crippen molar-refractivity contribution in [1.82, 2.24) is 10.1 Å². The second kappa shape index (κ2) is 6.33. The normalized spacial score (nSPS) is 12.4. The SMILES string of the molecule is CCOC[C@@H](C)Nc1cccc(-c2noc(C)n2)c1. The molecule has 0 amide bonds. The summed E-state index contributed by atoms with van der Waals surface area (Å²) >= 11 is 0. The summed E-state index contributed by atoms with van der Waals surface area (Å²) in [5.74, 6) is 1.18. The van der Waals surface area contributed by atoms with Gasteiger partial charge in [-0.15, -0.1) is 0 Å². The van der Waals surface area contributed by atoms with Crippen molar-refractivity contribution in [2.24, 2.45) is 0 Å². The highest BCUT2D eigenvalue weighted by atomic mass is 16.5. The number of aryl methyl sites for hydroxylation is 1. The standard InChI is InChI=1S/C14H19N3O2/c1-4-18-9-10(2)15-13-7-5-6-12(8-13)14-16-11(3)19-17-14/h5-8,10,15H,4,9H2,1-3H3/t10-/m1/s1. The molecule has 19 heavy (non-hydrogen) atoms. The highest BCUT2D eigenvalue weighted by molar-refractivity contribution is 5.62. The zero-order valence-corrected chi connectivity index (χ0v) is 11.5. The van der Waals surface area contributed by atoms with Crippen LogP contribution < -0.4 is 5.32 Å². The molecular formula is C14H19N3O2. The third kappa shape index (κ3) is 3.79. The Morgan fingerprint density at radius 1 is 1.42 bits per heavy atom. The monoisotopic (exact) mass is 261 g/mol. The van der Waals surface area contributed by atoms with E-state index in [0.29, 0.717) is 18.3 Å². The number of nitrogens with zero attached hydrogens (tertiary/aromatic N) is 2. The van der Waals surface area contributed by atoms with E-state index in [0.717, 1.165) is 17.9 Å². The number of hydrogen-bond donors (Lipinski definition) is 1. The smallest absolute Gasteiger partial charge is 0.223 e. The summed E-state index contributed by atoms with van der Waals surface area (Å²) in [6.07, 6.45) is 0. The van der Waals surface area contributed by atoms with Gasteiger partial charge in [0.15, 0.2) is 0 Å². The van der Waals surface area contributed by atoms with Gasteiger partial charge in [0, 0.05) is 30.8 Å². The van der Waals surface area contributed by atoms with Gasteiger partial charge in [-0.25, -0.2) is 0 Å². The van der Waals surface area contributed by atoms with E-state index < -0.39 is 0 Å². The minimum absolute atomic E-state index is 0.252. The predicted octanol–water partition coefficient (Wildman–Crippen LogP) is 2.88. The molecule has 0 aliphatic rings. The molecular weight excluding hydrogens is 242 g/mol. The number of nitrogens with one attached hydrogen (secondary N) is 1. The van der Waals surface area contributed by atoms with Crippen LogP contribution in [0.2, 0.25) is 0 Å². The molecule has 1 aromatic carbocycles. The van der Waals surface area contributed by atoms with Gasteiger partial charge in [-0.1, -0.05) is 17.3 Å². The van der Waals surface area contributed by atoms with Crippen LogP contribution in [0.3, 0.4) is 0 Å². The van der Waals surface area contributed by atoms with Crippen LogP contribution in [0.5, 0.6) is 0 Å². The maximum absolute atomic E-state index is 5.38. The second-order valence-electron chi connectivity index (χ2n) is 4.42. The number of aromatic nitrogens is 2. The molecule has 5 nitrogen and oxygen atoms in total. The lowest BCUT2D eigenvalue weighted by molar-refractivity contribution is 0.141. The van der Waals surface area contributed by atoms with Gasteiger partial charge in [-0.2, -0.15) is 4.98 Å². The molecule has 1 atom stereocenters. The molecule has 2 aromatic rings. The summed E-state index contributed by atoms with van der Waals surface area (Å²) < 4.78 is 10.4. The Bertz CT molecular complexity index is 525. The van der Waals surface area contributed by atoms with Gasteiger partial charge in [0.2, 0.25) is 11.7 Å². The van der Waals surface area contributed by atoms with Crippen molar-refractivity contribution in [1.29, 1.82) is 0 Å². The van der Waals surface area contributed by atoms with Gasteiger partial charge in [0.1, 0.15) is 0 Å². The number of anilines is 1. The zero-order chi connectivity index (χ0) is 13.7. The second-order valence-corrected chi connectivity index (χ2v) is 4.42. The van der Waals surface area contributed by atoms with Crippen LogP contribution in [-0.4, -0.2) is 29.4 Å². The highest BCUT2D eigenvalue weighted by Crippen LogP contribution is 2.20. The number of rotatable bonds is 6. The first-order valence-corrected chi connectivity index (χ1v) is 6.44. The van der Waals surface area contributed by atoms with E-state index >= 15 is 0 Å². The van der Waals surface area contributed by atoms with Crippen molar-refractivity contribution in [3.05, 3.63) is 30.2 Å². The fraction of sp³-hybridized carbons (Fsp3) is 0.429. The molecule has 1 heterocycles. The van der Waals surface area contributed by atoms with E-state index in [1.807, 2.05) is 31.2 Å². The lowest BCUT2D eigenvalue weighted by Crippen LogP contribution is -2.21. The lowest BCUT2D eigenvalue weighted by atomic mass is 10.2. The lowest BCUT2D eigenvalue weighted by Gasteiger charge is -2.15. The minimum Gasteiger partial charge on any atom is -0.380 e. The predicted molar refractivity (Wildman–Crippen MR) is 74.0 cm³/mol. The summed E-state index contributed by atoms with van der Waals surface area (Å²) in [5, 5.41) is 7.30. The van der Waals surface area contributed by atoms with Crippen molar-refractivity contribution in [3.8, 4) is 11.4 Å². The van der Waals surface area contributed by atoms with Crippen LogP contribution in [0.25, 0.3) is 11.4 Å². The largest absolute Gasteiger partial charge is 0.380 e. The Balaban J connectivity index is 2.07. The first-order chi connectivity index (χ1) is 9.19. The summed E-state index contributed by atoms with van der Waals surface area (Å²) in [7, 11) is 0. The van der Waals surface area contributed by atoms with E-state index in [-0.39, 0.29) is 6.04 Å². The van der Waals surface area contributed by atoms with Crippen LogP contribution in [0.4, 0.5) is 5.69 Å². The summed E-state index contributed by atoms with van der Waals surface area (Å²) in [4.78, 5) is 4.22. The van der Waals surface area contributed by atoms with Crippen molar-refractivity contribution < 1.29 is 9.26 Å². The average Bonchev–Trinajstić information content (AvgIpc) is 2.83. The van der Waals surface area contributed by atoms with Crippen LogP contribution in [0, 0.1) is 6.92 Å². The summed E-state index contributed by atoms with van der Waals surface area (Å²) in [6.45, 7) is 7.27. The van der Waals surface area contributed by atoms with Crippen molar-refractivity contribution in [3.63, 3.8) is 0 Å². The molecule has 0 aliphatic carbocycles. The first kappa shape index (κ1) is 13.5. The maximum atomic E-state index is 5.38. The molecule has 0 radical (unpaired) electrons. The quantitative estimate of drug-likeness (QED) is 0.866. The molecule has 0 unspecified atom stereocenters. The summed E-state index contributed by atoms with van der Waals surface area (Å²) in [6, 6.07) is 8.20. The van der Waals surface area contributed by atoms with E-state index in [1.54, 1.807) is 6.92 Å². The molecule has 0 saturated carbocycles. The van der Waals surface area contributed by atoms with E-state index in [9.17, 15) is 0 Å². The van der Waals surface area contributed by atoms with Crippen LogP contribution in [0.15, 0.2) is 28.8 Å². The van der Waals surface area contributed by atoms with Crippen LogP contribution >= 0.6 is 0 Å². The maximum Gasteiger partial charge on any atom is 0.223 e. The molecule has 1 N–H and O–H groups in total. The van der Waals surface area contributed by atoms with Gasteiger partial charge in [-0.05, 0) is 26.0 Å². The molecule has 2 rings (SSSR count). The Labute approximate surface area is 113 Å². The molecule has 5 heteroatoms. The fourth-order valence-electron chi connectivity index (χ4n) is 1.79. The van der Waals surface area contributed by atoms with Gasteiger partial charge in [-0.3, -0.25) is 0 Å². The van der Waals surface area contributed by atoms with E-state index in [2.05, 4.69) is 22.4 Å². The zero-order valence-electron chi connectivity index (χ0n) is 11.5. The van der Waals surface area contributed by atoms with Crippen LogP contribution in [-0.2, 0) is 4.74 Å². The molecule has 102 valence electrons. The molecule has 0 bridgehead atoms. The first-order valence-electron chi connectivity index (χ1n) is 6.44. The van der Waals surface area contributed by atoms with Crippen molar-refractivity contribution >= 4 is 5.69 Å². The van der Waals surface area contributed by atoms with Crippen LogP contribution in [0.1, 0.15) is 19.7 Å². The van der Waals surface area contributed by atoms with Crippen molar-refractivity contribution in [2.75, 3.05) is 18.5 Å². The average molecular weight is 261 g/mol.